The molecule has 1 aromatic carbocycles. The Kier molecular flexibility index (Phi) is 9.52. The normalized spacial score (nSPS) is 15.9. The number of benzene rings is 1. The molecule has 5 heteroatoms. The van der Waals surface area contributed by atoms with Crippen molar-refractivity contribution in [1.82, 2.24) is 0 Å². The van der Waals surface area contributed by atoms with E-state index in [-0.39, 0.29) is 28.6 Å². The first-order chi connectivity index (χ1) is 13.8. The zero-order valence-electron chi connectivity index (χ0n) is 20.5. The SMILES string of the molecule is C=C[C@@H](OCc1ccc(OC)cc1)C(C)(C)[C@@H](C[C@@H](C)C=O)O[Si](C)(C)C(C)(C)C. The molecule has 0 saturated heterocycles. The molecule has 0 radical (unpaired) electrons. The van der Waals surface area contributed by atoms with Crippen molar-refractivity contribution in [2.24, 2.45) is 11.3 Å². The number of methoxy groups -OCH3 is 1. The highest BCUT2D eigenvalue weighted by Gasteiger charge is 2.45. The lowest BCUT2D eigenvalue weighted by Crippen LogP contribution is -2.51. The maximum absolute atomic E-state index is 11.4. The highest BCUT2D eigenvalue weighted by atomic mass is 28.4. The second kappa shape index (κ2) is 10.7. The van der Waals surface area contributed by atoms with E-state index in [0.29, 0.717) is 13.0 Å². The van der Waals surface area contributed by atoms with Gasteiger partial charge in [-0.2, -0.15) is 0 Å². The summed E-state index contributed by atoms with van der Waals surface area (Å²) in [5.41, 5.74) is 0.725. The molecule has 0 aliphatic heterocycles. The summed E-state index contributed by atoms with van der Waals surface area (Å²) in [6.07, 6.45) is 3.21. The summed E-state index contributed by atoms with van der Waals surface area (Å²) < 4.78 is 18.4. The van der Waals surface area contributed by atoms with Gasteiger partial charge in [-0.05, 0) is 42.2 Å². The molecule has 4 nitrogen and oxygen atoms in total. The first kappa shape index (κ1) is 26.6. The minimum absolute atomic E-state index is 0.0777. The Balaban J connectivity index is 3.07. The quantitative estimate of drug-likeness (QED) is 0.217. The Morgan fingerprint density at radius 3 is 2.10 bits per heavy atom. The predicted octanol–water partition coefficient (Wildman–Crippen LogP) is 6.41. The van der Waals surface area contributed by atoms with E-state index in [9.17, 15) is 4.79 Å². The van der Waals surface area contributed by atoms with Crippen LogP contribution in [0.4, 0.5) is 0 Å². The molecule has 0 aromatic heterocycles. The van der Waals surface area contributed by atoms with Gasteiger partial charge in [0.05, 0.1) is 25.9 Å². The van der Waals surface area contributed by atoms with Crippen LogP contribution in [0.5, 0.6) is 5.75 Å². The molecule has 30 heavy (non-hydrogen) atoms. The third-order valence-corrected chi connectivity index (χ3v) is 10.9. The minimum atomic E-state index is -2.03. The Labute approximate surface area is 185 Å². The second-order valence-corrected chi connectivity index (χ2v) is 15.1. The molecule has 0 unspecified atom stereocenters. The van der Waals surface area contributed by atoms with E-state index in [2.05, 4.69) is 54.3 Å². The summed E-state index contributed by atoms with van der Waals surface area (Å²) >= 11 is 0. The fraction of sp³-hybridized carbons (Fsp3) is 0.640. The van der Waals surface area contributed by atoms with Crippen LogP contribution in [-0.2, 0) is 20.6 Å². The van der Waals surface area contributed by atoms with Crippen LogP contribution in [0.3, 0.4) is 0 Å². The largest absolute Gasteiger partial charge is 0.497 e. The molecule has 0 spiro atoms. The molecule has 1 aromatic rings. The monoisotopic (exact) mass is 434 g/mol. The highest BCUT2D eigenvalue weighted by molar-refractivity contribution is 6.74. The molecule has 0 heterocycles. The van der Waals surface area contributed by atoms with Crippen LogP contribution < -0.4 is 4.74 Å². The number of rotatable bonds is 12. The molecule has 0 N–H and O–H groups in total. The van der Waals surface area contributed by atoms with Gasteiger partial charge in [-0.3, -0.25) is 0 Å². The average Bonchev–Trinajstić information content (AvgIpc) is 2.67. The van der Waals surface area contributed by atoms with Crippen LogP contribution in [0.15, 0.2) is 36.9 Å². The third-order valence-electron chi connectivity index (χ3n) is 6.43. The summed E-state index contributed by atoms with van der Waals surface area (Å²) in [5.74, 6) is 0.746. The molecule has 0 fully saturated rings. The Bertz CT molecular complexity index is 673. The minimum Gasteiger partial charge on any atom is -0.497 e. The number of ether oxygens (including phenoxy) is 2. The Morgan fingerprint density at radius 2 is 1.67 bits per heavy atom. The first-order valence-corrected chi connectivity index (χ1v) is 13.7. The van der Waals surface area contributed by atoms with Crippen molar-refractivity contribution in [1.29, 1.82) is 0 Å². The number of carbonyl (C=O) groups excluding carboxylic acids is 1. The molecular formula is C25H42O4Si. The van der Waals surface area contributed by atoms with Gasteiger partial charge in [-0.25, -0.2) is 0 Å². The molecule has 0 bridgehead atoms. The van der Waals surface area contributed by atoms with E-state index >= 15 is 0 Å². The summed E-state index contributed by atoms with van der Waals surface area (Å²) in [4.78, 5) is 11.4. The number of hydrogen-bond donors (Lipinski definition) is 0. The summed E-state index contributed by atoms with van der Waals surface area (Å²) in [6, 6.07) is 7.87. The molecule has 1 rings (SSSR count). The van der Waals surface area contributed by atoms with Crippen LogP contribution in [0.2, 0.25) is 18.1 Å². The van der Waals surface area contributed by atoms with Gasteiger partial charge in [0.2, 0.25) is 0 Å². The van der Waals surface area contributed by atoms with E-state index in [0.717, 1.165) is 17.6 Å². The fourth-order valence-electron chi connectivity index (χ4n) is 3.11. The number of hydrogen-bond acceptors (Lipinski definition) is 4. The lowest BCUT2D eigenvalue weighted by Gasteiger charge is -2.47. The van der Waals surface area contributed by atoms with Gasteiger partial charge in [-0.1, -0.05) is 59.8 Å². The van der Waals surface area contributed by atoms with Gasteiger partial charge < -0.3 is 18.7 Å². The molecule has 0 saturated carbocycles. The topological polar surface area (TPSA) is 44.8 Å². The van der Waals surface area contributed by atoms with E-state index in [1.54, 1.807) is 7.11 Å². The smallest absolute Gasteiger partial charge is 0.192 e. The lowest BCUT2D eigenvalue weighted by atomic mass is 9.77. The van der Waals surface area contributed by atoms with Crippen LogP contribution in [0, 0.1) is 11.3 Å². The molecule has 0 aliphatic carbocycles. The summed E-state index contributed by atoms with van der Waals surface area (Å²) in [5, 5.41) is 0.0827. The van der Waals surface area contributed by atoms with Crippen molar-refractivity contribution in [3.8, 4) is 5.75 Å². The average molecular weight is 435 g/mol. The van der Waals surface area contributed by atoms with Crippen LogP contribution >= 0.6 is 0 Å². The molecular weight excluding hydrogens is 392 g/mol. The van der Waals surface area contributed by atoms with Crippen molar-refractivity contribution >= 4 is 14.6 Å². The third kappa shape index (κ3) is 7.07. The standard InChI is InChI=1S/C25H42O4Si/c1-11-22(28-18-20-12-14-21(27-8)15-13-20)25(6,7)23(16-19(2)17-26)29-30(9,10)24(3,4)5/h11-15,17,19,22-23H,1,16,18H2,2-10H3/t19-,22-,23-/m1/s1. The van der Waals surface area contributed by atoms with Crippen LogP contribution in [0.1, 0.15) is 53.5 Å². The van der Waals surface area contributed by atoms with E-state index < -0.39 is 8.32 Å². The molecule has 170 valence electrons. The van der Waals surface area contributed by atoms with E-state index in [1.165, 1.54) is 0 Å². The van der Waals surface area contributed by atoms with Gasteiger partial charge in [0.15, 0.2) is 8.32 Å². The Hall–Kier alpha value is -1.43. The fourth-order valence-corrected chi connectivity index (χ4v) is 4.57. The zero-order chi connectivity index (χ0) is 23.2. The van der Waals surface area contributed by atoms with E-state index in [1.807, 2.05) is 37.3 Å². The maximum atomic E-state index is 11.4. The van der Waals surface area contributed by atoms with Crippen LogP contribution in [0.25, 0.3) is 0 Å². The van der Waals surface area contributed by atoms with E-state index in [4.69, 9.17) is 13.9 Å². The number of aldehydes is 1. The molecule has 0 aliphatic rings. The summed E-state index contributed by atoms with van der Waals surface area (Å²) in [6.45, 7) is 22.0. The second-order valence-electron chi connectivity index (χ2n) is 10.4. The highest BCUT2D eigenvalue weighted by Crippen LogP contribution is 2.42. The van der Waals surface area contributed by atoms with Crippen molar-refractivity contribution < 1.29 is 18.7 Å². The molecule has 0 amide bonds. The van der Waals surface area contributed by atoms with Crippen molar-refractivity contribution in [2.75, 3.05) is 7.11 Å². The van der Waals surface area contributed by atoms with Crippen LogP contribution in [-0.4, -0.2) is 33.9 Å². The van der Waals surface area contributed by atoms with Gasteiger partial charge in [0.25, 0.3) is 0 Å². The van der Waals surface area contributed by atoms with Crippen molar-refractivity contribution in [3.05, 3.63) is 42.5 Å². The number of carbonyl (C=O) groups is 1. The maximum Gasteiger partial charge on any atom is 0.192 e. The first-order valence-electron chi connectivity index (χ1n) is 10.8. The predicted molar refractivity (Wildman–Crippen MR) is 127 cm³/mol. The van der Waals surface area contributed by atoms with Gasteiger partial charge in [-0.15, -0.1) is 6.58 Å². The molecule has 3 atom stereocenters. The van der Waals surface area contributed by atoms with Gasteiger partial charge >= 0.3 is 0 Å². The Morgan fingerprint density at radius 1 is 1.10 bits per heavy atom. The lowest BCUT2D eigenvalue weighted by molar-refractivity contribution is -0.113. The van der Waals surface area contributed by atoms with Crippen molar-refractivity contribution in [3.63, 3.8) is 0 Å². The summed E-state index contributed by atoms with van der Waals surface area (Å²) in [7, 11) is -0.376. The van der Waals surface area contributed by atoms with Gasteiger partial charge in [0, 0.05) is 11.3 Å². The van der Waals surface area contributed by atoms with Gasteiger partial charge in [0.1, 0.15) is 12.0 Å². The zero-order valence-corrected chi connectivity index (χ0v) is 21.5. The van der Waals surface area contributed by atoms with Crippen molar-refractivity contribution in [2.45, 2.75) is 84.9 Å².